The second-order valence-corrected chi connectivity index (χ2v) is 7.00. The first-order chi connectivity index (χ1) is 13.1. The minimum absolute atomic E-state index is 0.164. The molecule has 2 aromatic carbocycles. The summed E-state index contributed by atoms with van der Waals surface area (Å²) in [5.41, 5.74) is 1.30. The van der Waals surface area contributed by atoms with Crippen molar-refractivity contribution in [3.05, 3.63) is 69.4 Å². The summed E-state index contributed by atoms with van der Waals surface area (Å²) in [6, 6.07) is 13.3. The number of benzene rings is 2. The fourth-order valence-electron chi connectivity index (χ4n) is 2.53. The van der Waals surface area contributed by atoms with Crippen molar-refractivity contribution in [3.8, 4) is 11.5 Å². The van der Waals surface area contributed by atoms with Crippen LogP contribution in [0.5, 0.6) is 11.5 Å². The summed E-state index contributed by atoms with van der Waals surface area (Å²) in [7, 11) is 0. The van der Waals surface area contributed by atoms with E-state index in [4.69, 9.17) is 21.1 Å². The van der Waals surface area contributed by atoms with Crippen molar-refractivity contribution in [2.24, 2.45) is 0 Å². The van der Waals surface area contributed by atoms with Crippen molar-refractivity contribution < 1.29 is 19.1 Å². The number of thiophene rings is 1. The summed E-state index contributed by atoms with van der Waals surface area (Å²) < 4.78 is 10.6. The lowest BCUT2D eigenvalue weighted by atomic mass is 10.1. The number of halogens is 1. The van der Waals surface area contributed by atoms with Crippen LogP contribution in [-0.2, 0) is 0 Å². The van der Waals surface area contributed by atoms with E-state index in [1.807, 2.05) is 5.38 Å². The molecule has 0 saturated carbocycles. The highest BCUT2D eigenvalue weighted by Gasteiger charge is 2.16. The lowest BCUT2D eigenvalue weighted by Crippen LogP contribution is -2.14. The Morgan fingerprint density at radius 1 is 0.963 bits per heavy atom. The smallest absolute Gasteiger partial charge is 0.265 e. The predicted molar refractivity (Wildman–Crippen MR) is 104 cm³/mol. The molecule has 0 atom stereocenters. The van der Waals surface area contributed by atoms with Gasteiger partial charge in [0.2, 0.25) is 6.79 Å². The first kappa shape index (κ1) is 17.4. The Balaban J connectivity index is 1.51. The largest absolute Gasteiger partial charge is 0.454 e. The number of hydrogen-bond donors (Lipinski definition) is 2. The van der Waals surface area contributed by atoms with Gasteiger partial charge in [0.1, 0.15) is 0 Å². The molecule has 1 aromatic heterocycles. The Labute approximate surface area is 163 Å². The highest BCUT2D eigenvalue weighted by molar-refractivity contribution is 7.12. The van der Waals surface area contributed by atoms with Crippen LogP contribution < -0.4 is 20.1 Å². The summed E-state index contributed by atoms with van der Waals surface area (Å²) in [5.74, 6) is 0.600. The summed E-state index contributed by atoms with van der Waals surface area (Å²) in [4.78, 5) is 25.3. The zero-order valence-electron chi connectivity index (χ0n) is 13.8. The summed E-state index contributed by atoms with van der Waals surface area (Å²) >= 11 is 7.48. The molecular formula is C19H13ClN2O4S. The third-order valence-electron chi connectivity index (χ3n) is 3.85. The van der Waals surface area contributed by atoms with Crippen LogP contribution in [0.3, 0.4) is 0 Å². The van der Waals surface area contributed by atoms with Crippen LogP contribution in [0, 0.1) is 0 Å². The Morgan fingerprint density at radius 3 is 2.63 bits per heavy atom. The molecule has 1 aliphatic rings. The Kier molecular flexibility index (Phi) is 4.70. The third-order valence-corrected chi connectivity index (χ3v) is 5.05. The van der Waals surface area contributed by atoms with Gasteiger partial charge in [-0.3, -0.25) is 9.59 Å². The van der Waals surface area contributed by atoms with E-state index in [0.29, 0.717) is 38.3 Å². The Morgan fingerprint density at radius 2 is 1.81 bits per heavy atom. The molecule has 0 fully saturated rings. The van der Waals surface area contributed by atoms with Gasteiger partial charge in [-0.1, -0.05) is 17.7 Å². The van der Waals surface area contributed by atoms with Gasteiger partial charge in [-0.25, -0.2) is 0 Å². The molecule has 2 heterocycles. The molecule has 0 aliphatic carbocycles. The fourth-order valence-corrected chi connectivity index (χ4v) is 3.32. The van der Waals surface area contributed by atoms with Gasteiger partial charge in [0.05, 0.1) is 15.6 Å². The lowest BCUT2D eigenvalue weighted by Gasteiger charge is -2.10. The van der Waals surface area contributed by atoms with Crippen LogP contribution in [0.4, 0.5) is 11.4 Å². The molecule has 27 heavy (non-hydrogen) atoms. The minimum Gasteiger partial charge on any atom is -0.454 e. The van der Waals surface area contributed by atoms with Gasteiger partial charge in [-0.05, 0) is 41.8 Å². The SMILES string of the molecule is O=C(Nc1ccc2c(c1)OCO2)c1ccc(Cl)c(NC(=O)c2cccs2)c1. The van der Waals surface area contributed by atoms with Crippen LogP contribution in [0.2, 0.25) is 5.02 Å². The topological polar surface area (TPSA) is 76.7 Å². The number of hydrogen-bond acceptors (Lipinski definition) is 5. The third kappa shape index (κ3) is 3.74. The molecular weight excluding hydrogens is 388 g/mol. The van der Waals surface area contributed by atoms with Gasteiger partial charge in [0, 0.05) is 17.3 Å². The molecule has 8 heteroatoms. The molecule has 2 amide bonds. The lowest BCUT2D eigenvalue weighted by molar-refractivity contribution is 0.101. The molecule has 0 radical (unpaired) electrons. The molecule has 1 aliphatic heterocycles. The van der Waals surface area contributed by atoms with Gasteiger partial charge < -0.3 is 20.1 Å². The molecule has 2 N–H and O–H groups in total. The summed E-state index contributed by atoms with van der Waals surface area (Å²) in [6.45, 7) is 0.164. The minimum atomic E-state index is -0.336. The molecule has 0 spiro atoms. The fraction of sp³-hybridized carbons (Fsp3) is 0.0526. The van der Waals surface area contributed by atoms with Gasteiger partial charge in [-0.2, -0.15) is 0 Å². The van der Waals surface area contributed by atoms with Crippen molar-refractivity contribution >= 4 is 46.1 Å². The van der Waals surface area contributed by atoms with E-state index in [9.17, 15) is 9.59 Å². The van der Waals surface area contributed by atoms with Crippen molar-refractivity contribution in [1.82, 2.24) is 0 Å². The van der Waals surface area contributed by atoms with Crippen LogP contribution in [0.25, 0.3) is 0 Å². The predicted octanol–water partition coefficient (Wildman–Crippen LogP) is 4.63. The standard InChI is InChI=1S/C19H13ClN2O4S/c20-13-5-3-11(8-14(13)22-19(24)17-2-1-7-27-17)18(23)21-12-4-6-15-16(9-12)26-10-25-15/h1-9H,10H2,(H,21,23)(H,22,24). The van der Waals surface area contributed by atoms with Crippen LogP contribution in [0.1, 0.15) is 20.0 Å². The number of carbonyl (C=O) groups excluding carboxylic acids is 2. The van der Waals surface area contributed by atoms with Crippen LogP contribution in [-0.4, -0.2) is 18.6 Å². The maximum Gasteiger partial charge on any atom is 0.265 e. The van der Waals surface area contributed by atoms with Gasteiger partial charge in [-0.15, -0.1) is 11.3 Å². The first-order valence-electron chi connectivity index (χ1n) is 7.95. The summed E-state index contributed by atoms with van der Waals surface area (Å²) in [6.07, 6.45) is 0. The highest BCUT2D eigenvalue weighted by Crippen LogP contribution is 2.34. The van der Waals surface area contributed by atoms with Crippen molar-refractivity contribution in [2.45, 2.75) is 0 Å². The van der Waals surface area contributed by atoms with E-state index in [1.54, 1.807) is 42.5 Å². The normalized spacial score (nSPS) is 11.9. The number of rotatable bonds is 4. The maximum atomic E-state index is 12.6. The average Bonchev–Trinajstić information content (AvgIpc) is 3.34. The van der Waals surface area contributed by atoms with Gasteiger partial charge in [0.15, 0.2) is 11.5 Å². The highest BCUT2D eigenvalue weighted by atomic mass is 35.5. The van der Waals surface area contributed by atoms with Gasteiger partial charge >= 0.3 is 0 Å². The molecule has 0 saturated heterocycles. The number of ether oxygens (including phenoxy) is 2. The summed E-state index contributed by atoms with van der Waals surface area (Å²) in [5, 5.41) is 7.67. The first-order valence-corrected chi connectivity index (χ1v) is 9.21. The molecule has 0 bridgehead atoms. The van der Waals surface area contributed by atoms with E-state index >= 15 is 0 Å². The van der Waals surface area contributed by atoms with E-state index in [2.05, 4.69) is 10.6 Å². The Bertz CT molecular complexity index is 1020. The Hall–Kier alpha value is -3.03. The van der Waals surface area contributed by atoms with Crippen LogP contribution in [0.15, 0.2) is 53.9 Å². The molecule has 6 nitrogen and oxygen atoms in total. The zero-order valence-corrected chi connectivity index (χ0v) is 15.4. The number of nitrogens with one attached hydrogen (secondary N) is 2. The zero-order chi connectivity index (χ0) is 18.8. The molecule has 136 valence electrons. The van der Waals surface area contributed by atoms with E-state index in [0.717, 1.165) is 0 Å². The van der Waals surface area contributed by atoms with E-state index < -0.39 is 0 Å². The number of anilines is 2. The van der Waals surface area contributed by atoms with E-state index in [1.165, 1.54) is 17.4 Å². The molecule has 0 unspecified atom stereocenters. The van der Waals surface area contributed by atoms with Crippen molar-refractivity contribution in [2.75, 3.05) is 17.4 Å². The molecule has 4 rings (SSSR count). The number of amides is 2. The second-order valence-electron chi connectivity index (χ2n) is 5.65. The maximum absolute atomic E-state index is 12.6. The van der Waals surface area contributed by atoms with Crippen molar-refractivity contribution in [1.29, 1.82) is 0 Å². The second kappa shape index (κ2) is 7.30. The van der Waals surface area contributed by atoms with Gasteiger partial charge in [0.25, 0.3) is 11.8 Å². The van der Waals surface area contributed by atoms with Crippen LogP contribution >= 0.6 is 22.9 Å². The molecule has 3 aromatic rings. The average molecular weight is 401 g/mol. The number of fused-ring (bicyclic) bond motifs is 1. The quantitative estimate of drug-likeness (QED) is 0.669. The monoisotopic (exact) mass is 400 g/mol. The van der Waals surface area contributed by atoms with E-state index in [-0.39, 0.29) is 18.6 Å². The number of carbonyl (C=O) groups is 2. The van der Waals surface area contributed by atoms with Crippen molar-refractivity contribution in [3.63, 3.8) is 0 Å².